The van der Waals surface area contributed by atoms with Gasteiger partial charge in [-0.3, -0.25) is 4.98 Å². The molecule has 0 N–H and O–H groups in total. The van der Waals surface area contributed by atoms with Crippen LogP contribution in [0.5, 0.6) is 0 Å². The van der Waals surface area contributed by atoms with Crippen molar-refractivity contribution in [2.24, 2.45) is 0 Å². The zero-order valence-corrected chi connectivity index (χ0v) is 15.6. The van der Waals surface area contributed by atoms with Gasteiger partial charge in [0, 0.05) is 52.4 Å². The van der Waals surface area contributed by atoms with Crippen molar-refractivity contribution in [1.29, 1.82) is 0 Å². The van der Waals surface area contributed by atoms with E-state index < -0.39 is 126 Å². The second kappa shape index (κ2) is 6.60. The minimum Gasteiger partial charge on any atom is -0.333 e. The normalized spacial score (nSPS) is 22.7. The van der Waals surface area contributed by atoms with E-state index >= 15 is 0 Å². The smallest absolute Gasteiger partial charge is 0.0853 e. The van der Waals surface area contributed by atoms with Crippen molar-refractivity contribution >= 4 is 27.3 Å². The summed E-state index contributed by atoms with van der Waals surface area (Å²) in [5.41, 5.74) is -5.61. The van der Waals surface area contributed by atoms with E-state index in [1.165, 1.54) is 0 Å². The Morgan fingerprint density at radius 2 is 1.85 bits per heavy atom. The van der Waals surface area contributed by atoms with Crippen LogP contribution in [0.15, 0.2) is 60.6 Å². The number of pyridine rings is 1. The van der Waals surface area contributed by atoms with Gasteiger partial charge in [0.15, 0.2) is 0 Å². The predicted molar refractivity (Wildman–Crippen MR) is 109 cm³/mol. The Balaban J connectivity index is 0.00000480. The first-order chi connectivity index (χ1) is 20.4. The van der Waals surface area contributed by atoms with E-state index in [1.807, 2.05) is 0 Å². The van der Waals surface area contributed by atoms with E-state index in [2.05, 4.69) is 11.1 Å². The van der Waals surface area contributed by atoms with Gasteiger partial charge in [0.2, 0.25) is 0 Å². The maximum atomic E-state index is 8.86. The molecule has 2 nitrogen and oxygen atoms in total. The molecule has 3 heteroatoms. The summed E-state index contributed by atoms with van der Waals surface area (Å²) < 4.78 is 158. The molecule has 5 rings (SSSR count). The van der Waals surface area contributed by atoms with Crippen molar-refractivity contribution in [2.45, 2.75) is 20.6 Å². The van der Waals surface area contributed by atoms with Gasteiger partial charge in [-0.2, -0.15) is 0 Å². The summed E-state index contributed by atoms with van der Waals surface area (Å²) in [4.78, 5) is 4.10. The molecule has 2 heterocycles. The average Bonchev–Trinajstić information content (AvgIpc) is 3.22. The zero-order chi connectivity index (χ0) is 34.0. The van der Waals surface area contributed by atoms with E-state index in [0.717, 1.165) is 4.40 Å². The molecule has 3 aromatic carbocycles. The van der Waals surface area contributed by atoms with Gasteiger partial charge in [-0.05, 0) is 44.5 Å². The van der Waals surface area contributed by atoms with Crippen LogP contribution in [0.1, 0.15) is 42.7 Å². The number of fused-ring (bicyclic) bond motifs is 6. The van der Waals surface area contributed by atoms with Crippen LogP contribution >= 0.6 is 0 Å². The maximum absolute atomic E-state index is 8.86. The summed E-state index contributed by atoms with van der Waals surface area (Å²) in [7, 11) is 0. The Hall–Kier alpha value is -2.48. The SMILES string of the molecule is [2H]c1[c-]c2c(c([2H])c1[2H])c1c([2H])c(C([2H])([2H])[2H])c([2H])c([2H])c1n1c(-c3c(C([2H])([2H])[2H])c([2H])c([2H])c([2H])c3C([2H])([2H])[2H])c([2H])nc21.[Ir]. The number of imidazole rings is 1. The van der Waals surface area contributed by atoms with Crippen molar-refractivity contribution in [3.63, 3.8) is 0 Å². The molecule has 0 atom stereocenters. The van der Waals surface area contributed by atoms with E-state index in [1.54, 1.807) is 0 Å². The average molecular weight is 547 g/mol. The van der Waals surface area contributed by atoms with Gasteiger partial charge < -0.3 is 4.40 Å². The first-order valence-electron chi connectivity index (χ1n) is 16.9. The number of benzene rings is 3. The summed E-state index contributed by atoms with van der Waals surface area (Å²) in [6, 6.07) is -5.44. The van der Waals surface area contributed by atoms with Crippen LogP contribution in [0.4, 0.5) is 0 Å². The van der Waals surface area contributed by atoms with Crippen LogP contribution in [0.3, 0.4) is 0 Å². The van der Waals surface area contributed by atoms with Crippen LogP contribution in [0.2, 0.25) is 0 Å². The molecule has 1 radical (unpaired) electrons. The topological polar surface area (TPSA) is 17.3 Å². The van der Waals surface area contributed by atoms with Crippen molar-refractivity contribution in [3.05, 3.63) is 83.3 Å². The molecule has 0 aliphatic carbocycles. The van der Waals surface area contributed by atoms with Gasteiger partial charge in [0.25, 0.3) is 0 Å². The van der Waals surface area contributed by atoms with E-state index in [9.17, 15) is 0 Å². The van der Waals surface area contributed by atoms with E-state index in [0.29, 0.717) is 0 Å². The first-order valence-corrected chi connectivity index (χ1v) is 7.37. The molecule has 0 aliphatic rings. The first kappa shape index (κ1) is 6.27. The fourth-order valence-corrected chi connectivity index (χ4v) is 2.92. The van der Waals surface area contributed by atoms with Crippen LogP contribution in [0.25, 0.3) is 38.6 Å². The minimum atomic E-state index is -3.31. The summed E-state index contributed by atoms with van der Waals surface area (Å²) in [6.07, 6.45) is -0.880. The van der Waals surface area contributed by atoms with Crippen LogP contribution in [-0.2, 0) is 20.1 Å². The van der Waals surface area contributed by atoms with Crippen molar-refractivity contribution in [2.75, 3.05) is 0 Å². The van der Waals surface area contributed by atoms with Crippen molar-refractivity contribution in [1.82, 2.24) is 9.38 Å². The second-order valence-corrected chi connectivity index (χ2v) is 5.45. The molecule has 0 saturated heterocycles. The molecule has 27 heavy (non-hydrogen) atoms. The molecule has 0 bridgehead atoms. The molecule has 0 saturated carbocycles. The summed E-state index contributed by atoms with van der Waals surface area (Å²) in [5, 5.41) is -1.25. The molecule has 0 aliphatic heterocycles. The molecule has 0 amide bonds. The third-order valence-electron chi connectivity index (χ3n) is 3.99. The third-order valence-corrected chi connectivity index (χ3v) is 3.99. The van der Waals surface area contributed by atoms with Crippen LogP contribution in [-0.4, -0.2) is 9.38 Å². The van der Waals surface area contributed by atoms with Crippen molar-refractivity contribution in [3.8, 4) is 11.3 Å². The number of hydrogen-bond donors (Lipinski definition) is 0. The molecule has 5 aromatic rings. The molecule has 0 fully saturated rings. The van der Waals surface area contributed by atoms with Gasteiger partial charge in [0.1, 0.15) is 0 Å². The van der Waals surface area contributed by atoms with E-state index in [-0.39, 0.29) is 30.9 Å². The fraction of sp³-hybridized carbons (Fsp3) is 0.125. The number of aromatic nitrogens is 2. The zero-order valence-electron chi connectivity index (χ0n) is 32.2. The number of hydrogen-bond acceptors (Lipinski definition) is 1. The summed E-state index contributed by atoms with van der Waals surface area (Å²) in [5.74, 6) is 0. The minimum absolute atomic E-state index is 0. The molecule has 0 spiro atoms. The summed E-state index contributed by atoms with van der Waals surface area (Å²) in [6.45, 7) is -9.75. The Morgan fingerprint density at radius 3 is 2.63 bits per heavy atom. The Kier molecular flexibility index (Phi) is 1.53. The van der Waals surface area contributed by atoms with Gasteiger partial charge >= 0.3 is 0 Å². The Morgan fingerprint density at radius 1 is 1.00 bits per heavy atom. The van der Waals surface area contributed by atoms with Gasteiger partial charge in [-0.15, -0.1) is 29.6 Å². The van der Waals surface area contributed by atoms with Crippen LogP contribution in [0, 0.1) is 26.6 Å². The van der Waals surface area contributed by atoms with Gasteiger partial charge in [-0.1, -0.05) is 41.2 Å². The second-order valence-electron chi connectivity index (χ2n) is 5.45. The molecule has 135 valence electrons. The third kappa shape index (κ3) is 2.62. The monoisotopic (exact) mass is 547 g/mol. The summed E-state index contributed by atoms with van der Waals surface area (Å²) >= 11 is 0. The Bertz CT molecular complexity index is 2080. The standard InChI is InChI=1S/C24H19N2.Ir/c1-15-11-12-21-20(13-15)18-9-4-5-10-19(18)24-25-14-22(26(21)24)23-16(2)7-6-8-17(23)3;/h4-9,11-14H,1-3H3;/q-1;/i1D3,2D3,3D3,4D,5D,6D,7D,8D,9D,11D,12D,13D,14D;. The number of nitrogens with zero attached hydrogens (tertiary/aromatic N) is 2. The fourth-order valence-electron chi connectivity index (χ4n) is 2.92. The van der Waals surface area contributed by atoms with Gasteiger partial charge in [0.05, 0.1) is 20.9 Å². The molecule has 0 unspecified atom stereocenters. The molecular weight excluding hydrogens is 508 g/mol. The quantitative estimate of drug-likeness (QED) is 0.185. The molecule has 2 aromatic heterocycles. The maximum Gasteiger partial charge on any atom is 0.0853 e. The van der Waals surface area contributed by atoms with Gasteiger partial charge in [-0.25, -0.2) is 0 Å². The predicted octanol–water partition coefficient (Wildman–Crippen LogP) is 6.03. The largest absolute Gasteiger partial charge is 0.333 e. The van der Waals surface area contributed by atoms with E-state index in [4.69, 9.17) is 26.0 Å². The van der Waals surface area contributed by atoms with Crippen LogP contribution < -0.4 is 0 Å². The number of rotatable bonds is 1. The van der Waals surface area contributed by atoms with Crippen molar-refractivity contribution < 1.29 is 46.1 Å². The molecular formula is C24H19IrN2-. The Labute approximate surface area is 198 Å².